The van der Waals surface area contributed by atoms with Gasteiger partial charge in [0.15, 0.2) is 5.65 Å². The Balaban J connectivity index is 1.52. The molecule has 8 nitrogen and oxygen atoms in total. The summed E-state index contributed by atoms with van der Waals surface area (Å²) in [5.74, 6) is 0.560. The molecule has 29 heavy (non-hydrogen) atoms. The number of hydrogen-bond donors (Lipinski definition) is 0. The van der Waals surface area contributed by atoms with Crippen molar-refractivity contribution < 1.29 is 9.53 Å². The third-order valence-electron chi connectivity index (χ3n) is 5.94. The Morgan fingerprint density at radius 3 is 2.79 bits per heavy atom. The van der Waals surface area contributed by atoms with E-state index in [2.05, 4.69) is 17.0 Å². The van der Waals surface area contributed by atoms with Crippen LogP contribution in [0.5, 0.6) is 0 Å². The maximum atomic E-state index is 12.9. The molecule has 3 aromatic heterocycles. The lowest BCUT2D eigenvalue weighted by molar-refractivity contribution is -0.144. The van der Waals surface area contributed by atoms with Crippen LogP contribution in [0.1, 0.15) is 37.6 Å². The SMILES string of the molecule is C[C@H]1CCc2c(sc3ncn4c(=O)n(CC(=O)N5C[C@@H](C)O[C@@H](C)C5)nc4c23)C1. The number of amides is 1. The topological polar surface area (TPSA) is 81.7 Å². The summed E-state index contributed by atoms with van der Waals surface area (Å²) in [5.41, 5.74) is 1.57. The van der Waals surface area contributed by atoms with Gasteiger partial charge in [-0.05, 0) is 44.6 Å². The van der Waals surface area contributed by atoms with E-state index in [1.165, 1.54) is 25.9 Å². The van der Waals surface area contributed by atoms with Crippen molar-refractivity contribution in [1.82, 2.24) is 24.1 Å². The summed E-state index contributed by atoms with van der Waals surface area (Å²) in [5, 5.41) is 5.55. The number of aryl methyl sites for hydroxylation is 1. The summed E-state index contributed by atoms with van der Waals surface area (Å²) < 4.78 is 8.45. The zero-order valence-corrected chi connectivity index (χ0v) is 17.7. The molecule has 3 aromatic rings. The number of carbonyl (C=O) groups excluding carboxylic acids is 1. The molecular formula is C20H25N5O3S. The van der Waals surface area contributed by atoms with Gasteiger partial charge < -0.3 is 9.64 Å². The predicted molar refractivity (Wildman–Crippen MR) is 110 cm³/mol. The second kappa shape index (κ2) is 6.91. The molecule has 1 amide bonds. The van der Waals surface area contributed by atoms with Crippen LogP contribution in [0.2, 0.25) is 0 Å². The molecule has 5 rings (SSSR count). The molecule has 3 atom stereocenters. The number of rotatable bonds is 2. The molecule has 4 heterocycles. The zero-order chi connectivity index (χ0) is 20.3. The van der Waals surface area contributed by atoms with Gasteiger partial charge in [-0.2, -0.15) is 0 Å². The Bertz CT molecular complexity index is 1150. The Kier molecular flexibility index (Phi) is 4.47. The third-order valence-corrected chi connectivity index (χ3v) is 7.10. The average Bonchev–Trinajstić information content (AvgIpc) is 3.18. The number of fused-ring (bicyclic) bond motifs is 5. The van der Waals surface area contributed by atoms with Crippen LogP contribution in [0.15, 0.2) is 11.1 Å². The number of aromatic nitrogens is 4. The highest BCUT2D eigenvalue weighted by molar-refractivity contribution is 7.19. The smallest absolute Gasteiger partial charge is 0.352 e. The molecule has 0 unspecified atom stereocenters. The second-order valence-electron chi connectivity index (χ2n) is 8.47. The fourth-order valence-corrected chi connectivity index (χ4v) is 5.92. The van der Waals surface area contributed by atoms with E-state index in [0.717, 1.165) is 29.5 Å². The molecule has 0 aromatic carbocycles. The highest BCUT2D eigenvalue weighted by Crippen LogP contribution is 2.38. The lowest BCUT2D eigenvalue weighted by Crippen LogP contribution is -2.49. The van der Waals surface area contributed by atoms with Crippen LogP contribution in [0, 0.1) is 5.92 Å². The largest absolute Gasteiger partial charge is 0.372 e. The molecule has 0 bridgehead atoms. The van der Waals surface area contributed by atoms with Gasteiger partial charge in [-0.3, -0.25) is 4.79 Å². The standard InChI is InChI=1S/C20H25N5O3S/c1-11-4-5-14-15(6-11)29-19-17(14)18-22-25(20(27)24(18)10-21-19)9-16(26)23-7-12(2)28-13(3)8-23/h10-13H,4-9H2,1-3H3/t11-,12-,13+/m0/s1. The quantitative estimate of drug-likeness (QED) is 0.638. The van der Waals surface area contributed by atoms with Crippen LogP contribution >= 0.6 is 11.3 Å². The van der Waals surface area contributed by atoms with Crippen LogP contribution in [-0.2, 0) is 28.9 Å². The molecule has 1 aliphatic heterocycles. The molecule has 154 valence electrons. The van der Waals surface area contributed by atoms with Crippen molar-refractivity contribution >= 4 is 33.1 Å². The fraction of sp³-hybridized carbons (Fsp3) is 0.600. The minimum atomic E-state index is -0.318. The lowest BCUT2D eigenvalue weighted by atomic mass is 9.89. The first kappa shape index (κ1) is 18.7. The van der Waals surface area contributed by atoms with Crippen LogP contribution in [0.25, 0.3) is 15.9 Å². The van der Waals surface area contributed by atoms with Crippen LogP contribution in [0.3, 0.4) is 0 Å². The maximum absolute atomic E-state index is 12.9. The van der Waals surface area contributed by atoms with Gasteiger partial charge in [-0.15, -0.1) is 16.4 Å². The number of morpholine rings is 1. The average molecular weight is 416 g/mol. The monoisotopic (exact) mass is 415 g/mol. The first-order valence-electron chi connectivity index (χ1n) is 10.2. The number of carbonyl (C=O) groups is 1. The summed E-state index contributed by atoms with van der Waals surface area (Å²) in [4.78, 5) is 34.3. The molecule has 0 saturated carbocycles. The Morgan fingerprint density at radius 2 is 2.03 bits per heavy atom. The molecule has 1 fully saturated rings. The molecule has 2 aliphatic rings. The number of thiophene rings is 1. The van der Waals surface area contributed by atoms with Crippen LogP contribution in [0.4, 0.5) is 0 Å². The first-order chi connectivity index (χ1) is 13.9. The number of nitrogens with zero attached hydrogens (tertiary/aromatic N) is 5. The first-order valence-corrected chi connectivity index (χ1v) is 11.0. The van der Waals surface area contributed by atoms with Gasteiger partial charge >= 0.3 is 5.69 Å². The number of ether oxygens (including phenoxy) is 1. The zero-order valence-electron chi connectivity index (χ0n) is 16.9. The van der Waals surface area contributed by atoms with Gasteiger partial charge in [-0.1, -0.05) is 6.92 Å². The van der Waals surface area contributed by atoms with E-state index in [1.807, 2.05) is 13.8 Å². The maximum Gasteiger partial charge on any atom is 0.352 e. The molecule has 1 aliphatic carbocycles. The minimum absolute atomic E-state index is 0.0102. The van der Waals surface area contributed by atoms with E-state index < -0.39 is 0 Å². The molecule has 9 heteroatoms. The molecule has 1 saturated heterocycles. The van der Waals surface area contributed by atoms with Crippen molar-refractivity contribution in [3.8, 4) is 0 Å². The highest BCUT2D eigenvalue weighted by Gasteiger charge is 2.28. The fourth-order valence-electron chi connectivity index (χ4n) is 4.58. The Hall–Kier alpha value is -2.26. The van der Waals surface area contributed by atoms with E-state index in [9.17, 15) is 9.59 Å². The lowest BCUT2D eigenvalue weighted by Gasteiger charge is -2.35. The van der Waals surface area contributed by atoms with E-state index in [0.29, 0.717) is 24.7 Å². The predicted octanol–water partition coefficient (Wildman–Crippen LogP) is 1.87. The van der Waals surface area contributed by atoms with E-state index in [4.69, 9.17) is 4.74 Å². The normalized spacial score (nSPS) is 24.9. The summed E-state index contributed by atoms with van der Waals surface area (Å²) in [6.45, 7) is 7.19. The van der Waals surface area contributed by atoms with Gasteiger partial charge in [0.25, 0.3) is 0 Å². The second-order valence-corrected chi connectivity index (χ2v) is 9.55. The van der Waals surface area contributed by atoms with Crippen LogP contribution < -0.4 is 5.69 Å². The van der Waals surface area contributed by atoms with Crippen molar-refractivity contribution in [2.75, 3.05) is 13.1 Å². The van der Waals surface area contributed by atoms with Crippen LogP contribution in [-0.4, -0.2) is 55.3 Å². The molecule has 0 spiro atoms. The van der Waals surface area contributed by atoms with Crippen molar-refractivity contribution in [2.45, 2.75) is 58.8 Å². The minimum Gasteiger partial charge on any atom is -0.372 e. The van der Waals surface area contributed by atoms with Crippen molar-refractivity contribution in [2.24, 2.45) is 5.92 Å². The summed E-state index contributed by atoms with van der Waals surface area (Å²) in [6, 6.07) is 0. The Morgan fingerprint density at radius 1 is 1.28 bits per heavy atom. The molecular weight excluding hydrogens is 390 g/mol. The number of hydrogen-bond acceptors (Lipinski definition) is 6. The van der Waals surface area contributed by atoms with Gasteiger partial charge in [0, 0.05) is 18.0 Å². The molecule has 0 N–H and O–H groups in total. The van der Waals surface area contributed by atoms with Gasteiger partial charge in [0.05, 0.1) is 17.6 Å². The van der Waals surface area contributed by atoms with Crippen molar-refractivity contribution in [3.63, 3.8) is 0 Å². The van der Waals surface area contributed by atoms with E-state index in [1.54, 1.807) is 16.2 Å². The van der Waals surface area contributed by atoms with Crippen molar-refractivity contribution in [1.29, 1.82) is 0 Å². The van der Waals surface area contributed by atoms with E-state index >= 15 is 0 Å². The highest BCUT2D eigenvalue weighted by atomic mass is 32.1. The third kappa shape index (κ3) is 3.16. The van der Waals surface area contributed by atoms with Gasteiger partial charge in [-0.25, -0.2) is 18.9 Å². The van der Waals surface area contributed by atoms with Gasteiger partial charge in [0.2, 0.25) is 5.91 Å². The van der Waals surface area contributed by atoms with Crippen molar-refractivity contribution in [3.05, 3.63) is 27.3 Å². The Labute approximate surface area is 172 Å². The van der Waals surface area contributed by atoms with E-state index in [-0.39, 0.29) is 30.3 Å². The summed E-state index contributed by atoms with van der Waals surface area (Å²) in [6.07, 6.45) is 4.70. The molecule has 0 radical (unpaired) electrons. The summed E-state index contributed by atoms with van der Waals surface area (Å²) >= 11 is 1.71. The van der Waals surface area contributed by atoms with Gasteiger partial charge in [0.1, 0.15) is 17.7 Å². The summed E-state index contributed by atoms with van der Waals surface area (Å²) in [7, 11) is 0.